The fourth-order valence-corrected chi connectivity index (χ4v) is 5.57. The summed E-state index contributed by atoms with van der Waals surface area (Å²) in [4.78, 5) is 18.8. The lowest BCUT2D eigenvalue weighted by Crippen LogP contribution is -2.41. The highest BCUT2D eigenvalue weighted by atomic mass is 19.4. The van der Waals surface area contributed by atoms with Crippen LogP contribution in [0.25, 0.3) is 10.9 Å². The van der Waals surface area contributed by atoms with Gasteiger partial charge >= 0.3 is 6.18 Å². The Bertz CT molecular complexity index is 1390. The maximum absolute atomic E-state index is 13.0. The quantitative estimate of drug-likeness (QED) is 0.260. The van der Waals surface area contributed by atoms with E-state index in [2.05, 4.69) is 9.88 Å². The number of benzene rings is 3. The molecular formula is C32H35F3N2O2. The Hall–Kier alpha value is -3.58. The number of hydrogen-bond donors (Lipinski definition) is 1. The summed E-state index contributed by atoms with van der Waals surface area (Å²) in [7, 11) is 1.65. The summed E-state index contributed by atoms with van der Waals surface area (Å²) in [6.07, 6.45) is -2.35. The van der Waals surface area contributed by atoms with E-state index in [1.807, 2.05) is 62.4 Å². The molecule has 0 radical (unpaired) electrons. The molecule has 0 amide bonds. The molecule has 4 nitrogen and oxygen atoms in total. The molecule has 206 valence electrons. The highest BCUT2D eigenvalue weighted by Crippen LogP contribution is 2.42. The monoisotopic (exact) mass is 536 g/mol. The van der Waals surface area contributed by atoms with Crippen molar-refractivity contribution < 1.29 is 22.7 Å². The second kappa shape index (κ2) is 12.1. The van der Waals surface area contributed by atoms with Crippen LogP contribution in [0.1, 0.15) is 67.2 Å². The van der Waals surface area contributed by atoms with Crippen molar-refractivity contribution in [3.8, 4) is 5.75 Å². The van der Waals surface area contributed by atoms with Crippen LogP contribution in [0.3, 0.4) is 0 Å². The number of methoxy groups -OCH3 is 1. The number of aromatic amines is 1. The summed E-state index contributed by atoms with van der Waals surface area (Å²) in [6.45, 7) is 6.31. The lowest BCUT2D eigenvalue weighted by molar-refractivity contribution is -0.137. The number of halogens is 3. The van der Waals surface area contributed by atoms with E-state index in [0.29, 0.717) is 19.4 Å². The summed E-state index contributed by atoms with van der Waals surface area (Å²) >= 11 is 0. The standard InChI is InChI=1S/C30H29F3N2O2.C2H6/c1-19(36)29(21-6-4-3-5-7-21)35-17-16-24-25-18-23(37-2)13-14-26(25)34-28(24)27(35)15-10-20-8-11-22(12-9-20)30(31,32)33;1-2/h3-9,11-14,18,27,29,34H,10,15-17H2,1-2H3;1-2H3. The highest BCUT2D eigenvalue weighted by molar-refractivity contribution is 5.87. The molecule has 7 heteroatoms. The van der Waals surface area contributed by atoms with Gasteiger partial charge in [0.25, 0.3) is 0 Å². The van der Waals surface area contributed by atoms with Crippen molar-refractivity contribution in [2.24, 2.45) is 0 Å². The van der Waals surface area contributed by atoms with Gasteiger partial charge in [-0.1, -0.05) is 56.3 Å². The van der Waals surface area contributed by atoms with Gasteiger partial charge < -0.3 is 9.72 Å². The van der Waals surface area contributed by atoms with Crippen molar-refractivity contribution in [1.29, 1.82) is 0 Å². The van der Waals surface area contributed by atoms with Crippen LogP contribution >= 0.6 is 0 Å². The smallest absolute Gasteiger partial charge is 0.416 e. The van der Waals surface area contributed by atoms with Crippen LogP contribution in [-0.4, -0.2) is 29.3 Å². The van der Waals surface area contributed by atoms with Gasteiger partial charge in [0, 0.05) is 23.1 Å². The molecule has 1 N–H and O–H groups in total. The van der Waals surface area contributed by atoms with Gasteiger partial charge in [-0.15, -0.1) is 0 Å². The molecule has 2 heterocycles. The molecule has 2 unspecified atom stereocenters. The molecule has 0 fully saturated rings. The van der Waals surface area contributed by atoms with Crippen LogP contribution in [0.2, 0.25) is 0 Å². The van der Waals surface area contributed by atoms with E-state index >= 15 is 0 Å². The van der Waals surface area contributed by atoms with Crippen molar-refractivity contribution >= 4 is 16.7 Å². The first-order valence-electron chi connectivity index (χ1n) is 13.4. The molecule has 0 aliphatic carbocycles. The minimum absolute atomic E-state index is 0.0620. The molecule has 39 heavy (non-hydrogen) atoms. The van der Waals surface area contributed by atoms with Crippen molar-refractivity contribution in [1.82, 2.24) is 9.88 Å². The van der Waals surface area contributed by atoms with Crippen molar-refractivity contribution in [3.05, 3.63) is 101 Å². The zero-order valence-electron chi connectivity index (χ0n) is 22.8. The Morgan fingerprint density at radius 3 is 2.36 bits per heavy atom. The van der Waals surface area contributed by atoms with E-state index in [4.69, 9.17) is 4.74 Å². The minimum Gasteiger partial charge on any atom is -0.497 e. The van der Waals surface area contributed by atoms with E-state index in [-0.39, 0.29) is 11.8 Å². The number of rotatable bonds is 7. The topological polar surface area (TPSA) is 45.3 Å². The number of fused-ring (bicyclic) bond motifs is 3. The third kappa shape index (κ3) is 6.04. The van der Waals surface area contributed by atoms with E-state index in [9.17, 15) is 18.0 Å². The van der Waals surface area contributed by atoms with E-state index in [1.54, 1.807) is 26.2 Å². The molecule has 0 saturated heterocycles. The second-order valence-corrected chi connectivity index (χ2v) is 9.59. The molecule has 1 aromatic heterocycles. The number of nitrogens with zero attached hydrogens (tertiary/aromatic N) is 1. The molecule has 2 atom stereocenters. The number of nitrogens with one attached hydrogen (secondary N) is 1. The average molecular weight is 537 g/mol. The number of ether oxygens (including phenoxy) is 1. The number of carbonyl (C=O) groups is 1. The van der Waals surface area contributed by atoms with E-state index < -0.39 is 17.8 Å². The summed E-state index contributed by atoms with van der Waals surface area (Å²) < 4.78 is 44.6. The summed E-state index contributed by atoms with van der Waals surface area (Å²) in [5.41, 5.74) is 4.39. The van der Waals surface area contributed by atoms with E-state index in [1.165, 1.54) is 5.56 Å². The Balaban J connectivity index is 0.00000172. The Morgan fingerprint density at radius 2 is 1.74 bits per heavy atom. The highest BCUT2D eigenvalue weighted by Gasteiger charge is 2.37. The third-order valence-corrected chi connectivity index (χ3v) is 7.32. The van der Waals surface area contributed by atoms with Crippen LogP contribution in [-0.2, 0) is 23.8 Å². The maximum atomic E-state index is 13.0. The van der Waals surface area contributed by atoms with Gasteiger partial charge in [0.2, 0.25) is 0 Å². The van der Waals surface area contributed by atoms with Gasteiger partial charge in [-0.2, -0.15) is 13.2 Å². The number of aromatic nitrogens is 1. The van der Waals surface area contributed by atoms with Gasteiger partial charge in [-0.05, 0) is 73.2 Å². The van der Waals surface area contributed by atoms with Gasteiger partial charge in [0.15, 0.2) is 5.78 Å². The average Bonchev–Trinajstić information content (AvgIpc) is 3.31. The molecular weight excluding hydrogens is 501 g/mol. The number of H-pyrrole nitrogens is 1. The summed E-state index contributed by atoms with van der Waals surface area (Å²) in [5, 5.41) is 1.10. The molecule has 1 aliphatic heterocycles. The first-order valence-corrected chi connectivity index (χ1v) is 13.4. The molecule has 4 aromatic rings. The maximum Gasteiger partial charge on any atom is 0.416 e. The number of hydrogen-bond acceptors (Lipinski definition) is 3. The molecule has 5 rings (SSSR count). The zero-order chi connectivity index (χ0) is 28.2. The first kappa shape index (κ1) is 28.4. The molecule has 1 aliphatic rings. The SMILES string of the molecule is CC.COc1ccc2[nH]c3c(c2c1)CCN(C(C(C)=O)c1ccccc1)C3CCc1ccc(C(F)(F)F)cc1. The molecule has 0 bridgehead atoms. The van der Waals surface area contributed by atoms with Crippen LogP contribution in [0, 0.1) is 0 Å². The number of alkyl halides is 3. The van der Waals surface area contributed by atoms with Gasteiger partial charge in [-0.3, -0.25) is 9.69 Å². The molecule has 3 aromatic carbocycles. The van der Waals surface area contributed by atoms with Crippen LogP contribution in [0.15, 0.2) is 72.8 Å². The van der Waals surface area contributed by atoms with Crippen LogP contribution in [0.4, 0.5) is 13.2 Å². The minimum atomic E-state index is -4.36. The van der Waals surface area contributed by atoms with Crippen molar-refractivity contribution in [2.75, 3.05) is 13.7 Å². The van der Waals surface area contributed by atoms with Gasteiger partial charge in [0.05, 0.1) is 24.8 Å². The second-order valence-electron chi connectivity index (χ2n) is 9.59. The Kier molecular flexibility index (Phi) is 8.80. The lowest BCUT2D eigenvalue weighted by Gasteiger charge is -2.40. The largest absolute Gasteiger partial charge is 0.497 e. The third-order valence-electron chi connectivity index (χ3n) is 7.32. The van der Waals surface area contributed by atoms with Crippen molar-refractivity contribution in [2.45, 2.75) is 58.3 Å². The number of ketones is 1. The predicted molar refractivity (Wildman–Crippen MR) is 149 cm³/mol. The first-order chi connectivity index (χ1) is 18.8. The number of aryl methyl sites for hydroxylation is 1. The number of carbonyl (C=O) groups excluding carboxylic acids is 1. The normalized spacial score (nSPS) is 16.2. The van der Waals surface area contributed by atoms with Gasteiger partial charge in [0.1, 0.15) is 5.75 Å². The van der Waals surface area contributed by atoms with Gasteiger partial charge in [-0.25, -0.2) is 0 Å². The molecule has 0 spiro atoms. The Labute approximate surface area is 227 Å². The Morgan fingerprint density at radius 1 is 1.05 bits per heavy atom. The van der Waals surface area contributed by atoms with Crippen molar-refractivity contribution in [3.63, 3.8) is 0 Å². The summed E-state index contributed by atoms with van der Waals surface area (Å²) in [5.74, 6) is 0.843. The van der Waals surface area contributed by atoms with Crippen LogP contribution < -0.4 is 4.74 Å². The summed E-state index contributed by atoms with van der Waals surface area (Å²) in [6, 6.07) is 20.6. The van der Waals surface area contributed by atoms with Crippen LogP contribution in [0.5, 0.6) is 5.75 Å². The number of Topliss-reactive ketones (excluding diaryl/α,β-unsaturated/α-hetero) is 1. The fourth-order valence-electron chi connectivity index (χ4n) is 5.57. The fraction of sp³-hybridized carbons (Fsp3) is 0.344. The lowest BCUT2D eigenvalue weighted by atomic mass is 9.89. The molecule has 0 saturated carbocycles. The predicted octanol–water partition coefficient (Wildman–Crippen LogP) is 8.08. The van der Waals surface area contributed by atoms with E-state index in [0.717, 1.165) is 52.0 Å². The zero-order valence-corrected chi connectivity index (χ0v) is 22.8.